The van der Waals surface area contributed by atoms with Gasteiger partial charge in [0.15, 0.2) is 0 Å². The predicted octanol–water partition coefficient (Wildman–Crippen LogP) is 2.17. The molecule has 0 saturated carbocycles. The number of rotatable bonds is 0. The third kappa shape index (κ3) is 6.19. The Hall–Kier alpha value is 0.194. The summed E-state index contributed by atoms with van der Waals surface area (Å²) in [6, 6.07) is 0. The Labute approximate surface area is 57.9 Å². The van der Waals surface area contributed by atoms with Crippen LogP contribution in [0.3, 0.4) is 0 Å². The molecule has 1 radical (unpaired) electrons. The Kier molecular flexibility index (Phi) is 6.37. The molecule has 0 aliphatic carbocycles. The molecule has 0 aliphatic rings. The van der Waals surface area contributed by atoms with Gasteiger partial charge < -0.3 is 0 Å². The Balaban J connectivity index is 0. The average molecular weight is 134 g/mol. The van der Waals surface area contributed by atoms with Gasteiger partial charge in [0, 0.05) is 18.6 Å². The maximum Gasteiger partial charge on any atom is 0 e. The molecular formula is C6H11V-. The van der Waals surface area contributed by atoms with E-state index in [1.54, 1.807) is 0 Å². The Bertz CT molecular complexity index is 54.2. The normalized spacial score (nSPS) is 6.71. The molecule has 0 fully saturated rings. The second-order valence-electron chi connectivity index (χ2n) is 1.78. The van der Waals surface area contributed by atoms with Crippen LogP contribution >= 0.6 is 0 Å². The van der Waals surface area contributed by atoms with Crippen molar-refractivity contribution in [3.05, 3.63) is 18.1 Å². The van der Waals surface area contributed by atoms with Gasteiger partial charge in [-0.05, 0) is 0 Å². The van der Waals surface area contributed by atoms with E-state index in [2.05, 4.69) is 20.8 Å². The summed E-state index contributed by atoms with van der Waals surface area (Å²) in [5.74, 6) is 0. The molecular weight excluding hydrogens is 123 g/mol. The van der Waals surface area contributed by atoms with Crippen LogP contribution in [0.5, 0.6) is 0 Å². The van der Waals surface area contributed by atoms with Crippen LogP contribution in [-0.2, 0) is 18.6 Å². The fourth-order valence-electron chi connectivity index (χ4n) is 0. The van der Waals surface area contributed by atoms with Crippen LogP contribution in [0.15, 0.2) is 11.1 Å². The SMILES string of the molecule is [CH2-]C(C)=C(C)C.[V]. The van der Waals surface area contributed by atoms with E-state index >= 15 is 0 Å². The standard InChI is InChI=1S/C6H11.V/c1-5(2)6(3)4;/h1H2,2-4H3;/q-1;. The van der Waals surface area contributed by atoms with E-state index in [9.17, 15) is 0 Å². The maximum atomic E-state index is 3.72. The van der Waals surface area contributed by atoms with Gasteiger partial charge in [-0.25, -0.2) is 18.1 Å². The van der Waals surface area contributed by atoms with Gasteiger partial charge in [-0.1, -0.05) is 6.92 Å². The van der Waals surface area contributed by atoms with Gasteiger partial charge in [0.2, 0.25) is 0 Å². The second kappa shape index (κ2) is 4.36. The largest absolute Gasteiger partial charge is 0.242 e. The van der Waals surface area contributed by atoms with Crippen LogP contribution in [0.2, 0.25) is 0 Å². The first-order valence-corrected chi connectivity index (χ1v) is 2.10. The zero-order valence-corrected chi connectivity index (χ0v) is 6.55. The van der Waals surface area contributed by atoms with Crippen LogP contribution in [-0.4, -0.2) is 0 Å². The number of hydrogen-bond donors (Lipinski definition) is 0. The van der Waals surface area contributed by atoms with Crippen LogP contribution in [0, 0.1) is 6.92 Å². The minimum Gasteiger partial charge on any atom is -0.242 e. The Morgan fingerprint density at radius 1 is 1.14 bits per heavy atom. The molecule has 0 N–H and O–H groups in total. The third-order valence-corrected chi connectivity index (χ3v) is 0.854. The Morgan fingerprint density at radius 2 is 1.29 bits per heavy atom. The fourth-order valence-corrected chi connectivity index (χ4v) is 0. The van der Waals surface area contributed by atoms with Crippen molar-refractivity contribution in [2.24, 2.45) is 0 Å². The smallest absolute Gasteiger partial charge is 0 e. The van der Waals surface area contributed by atoms with Crippen molar-refractivity contribution in [3.63, 3.8) is 0 Å². The summed E-state index contributed by atoms with van der Waals surface area (Å²) < 4.78 is 0. The van der Waals surface area contributed by atoms with Gasteiger partial charge in [-0.2, -0.15) is 0 Å². The first-order chi connectivity index (χ1) is 2.64. The molecule has 0 atom stereocenters. The summed E-state index contributed by atoms with van der Waals surface area (Å²) in [4.78, 5) is 0. The van der Waals surface area contributed by atoms with E-state index < -0.39 is 0 Å². The molecule has 0 aliphatic heterocycles. The van der Waals surface area contributed by atoms with Crippen molar-refractivity contribution in [2.75, 3.05) is 0 Å². The van der Waals surface area contributed by atoms with E-state index in [0.29, 0.717) is 0 Å². The summed E-state index contributed by atoms with van der Waals surface area (Å²) in [6.45, 7) is 9.84. The van der Waals surface area contributed by atoms with Gasteiger partial charge in [0.05, 0.1) is 0 Å². The summed E-state index contributed by atoms with van der Waals surface area (Å²) in [5.41, 5.74) is 2.49. The van der Waals surface area contributed by atoms with Crippen molar-refractivity contribution >= 4 is 0 Å². The summed E-state index contributed by atoms with van der Waals surface area (Å²) in [7, 11) is 0. The molecule has 41 valence electrons. The van der Waals surface area contributed by atoms with Gasteiger partial charge in [0.25, 0.3) is 0 Å². The first-order valence-electron chi connectivity index (χ1n) is 2.10. The van der Waals surface area contributed by atoms with Gasteiger partial charge >= 0.3 is 0 Å². The molecule has 0 aromatic carbocycles. The molecule has 0 spiro atoms. The molecule has 0 aromatic heterocycles. The van der Waals surface area contributed by atoms with E-state index in [4.69, 9.17) is 0 Å². The van der Waals surface area contributed by atoms with Gasteiger partial charge in [0.1, 0.15) is 0 Å². The number of hydrogen-bond acceptors (Lipinski definition) is 0. The van der Waals surface area contributed by atoms with Crippen LogP contribution < -0.4 is 0 Å². The molecule has 0 heterocycles. The molecule has 0 amide bonds. The van der Waals surface area contributed by atoms with E-state index in [1.165, 1.54) is 11.1 Å². The van der Waals surface area contributed by atoms with Crippen molar-refractivity contribution in [1.82, 2.24) is 0 Å². The zero-order valence-electron chi connectivity index (χ0n) is 5.15. The summed E-state index contributed by atoms with van der Waals surface area (Å²) >= 11 is 0. The minimum absolute atomic E-state index is 0. The van der Waals surface area contributed by atoms with Crippen LogP contribution in [0.1, 0.15) is 20.8 Å². The van der Waals surface area contributed by atoms with E-state index in [-0.39, 0.29) is 18.6 Å². The van der Waals surface area contributed by atoms with Crippen molar-refractivity contribution in [2.45, 2.75) is 20.8 Å². The predicted molar refractivity (Wildman–Crippen MR) is 29.4 cm³/mol. The maximum absolute atomic E-state index is 3.72. The third-order valence-electron chi connectivity index (χ3n) is 0.854. The van der Waals surface area contributed by atoms with Gasteiger partial charge in [-0.3, -0.25) is 0 Å². The molecule has 0 saturated heterocycles. The molecule has 0 rings (SSSR count). The van der Waals surface area contributed by atoms with Crippen molar-refractivity contribution in [1.29, 1.82) is 0 Å². The summed E-state index contributed by atoms with van der Waals surface area (Å²) in [6.07, 6.45) is 0. The first kappa shape index (κ1) is 10.2. The van der Waals surface area contributed by atoms with Gasteiger partial charge in [-0.15, -0.1) is 13.8 Å². The molecule has 0 bridgehead atoms. The zero-order chi connectivity index (χ0) is 5.15. The Morgan fingerprint density at radius 3 is 1.29 bits per heavy atom. The molecule has 0 aromatic rings. The fraction of sp³-hybridized carbons (Fsp3) is 0.500. The minimum atomic E-state index is 0. The van der Waals surface area contributed by atoms with Crippen LogP contribution in [0.4, 0.5) is 0 Å². The van der Waals surface area contributed by atoms with E-state index in [0.717, 1.165) is 0 Å². The number of allylic oxidation sites excluding steroid dienone is 2. The molecule has 1 heteroatoms. The van der Waals surface area contributed by atoms with Crippen molar-refractivity contribution < 1.29 is 18.6 Å². The van der Waals surface area contributed by atoms with Crippen LogP contribution in [0.25, 0.3) is 0 Å². The monoisotopic (exact) mass is 134 g/mol. The molecule has 0 nitrogen and oxygen atoms in total. The quantitative estimate of drug-likeness (QED) is 0.445. The summed E-state index contributed by atoms with van der Waals surface area (Å²) in [5, 5.41) is 0. The topological polar surface area (TPSA) is 0 Å². The van der Waals surface area contributed by atoms with Crippen molar-refractivity contribution in [3.8, 4) is 0 Å². The average Bonchev–Trinajstić information content (AvgIpc) is 1.36. The van der Waals surface area contributed by atoms with E-state index in [1.807, 2.05) is 6.92 Å². The second-order valence-corrected chi connectivity index (χ2v) is 1.78. The molecule has 0 unspecified atom stereocenters. The molecule has 7 heavy (non-hydrogen) atoms.